The van der Waals surface area contributed by atoms with Crippen molar-refractivity contribution in [3.05, 3.63) is 100 Å². The van der Waals surface area contributed by atoms with Crippen LogP contribution in [0.4, 0.5) is 0 Å². The van der Waals surface area contributed by atoms with E-state index in [4.69, 9.17) is 21.3 Å². The van der Waals surface area contributed by atoms with Gasteiger partial charge in [-0.3, -0.25) is 0 Å². The molecule has 4 heterocycles. The molecule has 6 unspecified atom stereocenters. The van der Waals surface area contributed by atoms with Crippen molar-refractivity contribution in [1.82, 2.24) is 0 Å². The second-order valence-corrected chi connectivity index (χ2v) is 23.7. The molecule has 3 saturated heterocycles. The summed E-state index contributed by atoms with van der Waals surface area (Å²) >= 11 is 0. The molecule has 0 saturated carbocycles. The zero-order valence-corrected chi connectivity index (χ0v) is 51.2. The van der Waals surface area contributed by atoms with Gasteiger partial charge in [0.05, 0.1) is 0 Å². The number of rotatable bonds is 2. The van der Waals surface area contributed by atoms with E-state index in [2.05, 4.69) is 164 Å². The summed E-state index contributed by atoms with van der Waals surface area (Å²) in [4.78, 5) is 0. The van der Waals surface area contributed by atoms with Gasteiger partial charge in [-0.1, -0.05) is 168 Å². The summed E-state index contributed by atoms with van der Waals surface area (Å²) in [5.74, 6) is 2.38. The first-order valence-electron chi connectivity index (χ1n) is 23.9. The third kappa shape index (κ3) is 17.9. The van der Waals surface area contributed by atoms with E-state index < -0.39 is 0 Å². The van der Waals surface area contributed by atoms with E-state index in [1.807, 2.05) is 0 Å². The Kier molecular flexibility index (Phi) is 27.3. The molecule has 0 aromatic heterocycles. The molecule has 6 atom stereocenters. The second kappa shape index (κ2) is 26.8. The van der Waals surface area contributed by atoms with Gasteiger partial charge in [0.1, 0.15) is 0 Å². The summed E-state index contributed by atoms with van der Waals surface area (Å²) in [6, 6.07) is 1.32. The number of hydrogen-bond donors (Lipinski definition) is 0. The van der Waals surface area contributed by atoms with Crippen LogP contribution in [0.2, 0.25) is 0 Å². The Morgan fingerprint density at radius 3 is 1.12 bits per heavy atom. The van der Waals surface area contributed by atoms with E-state index in [0.717, 1.165) is 50.4 Å². The van der Waals surface area contributed by atoms with Gasteiger partial charge < -0.3 is 60.0 Å². The molecule has 3 fully saturated rings. The van der Waals surface area contributed by atoms with E-state index in [9.17, 15) is 0 Å². The molecule has 0 radical (unpaired) electrons. The molecular weight excluding hydrogens is 1130 g/mol. The van der Waals surface area contributed by atoms with Gasteiger partial charge in [-0.15, -0.1) is 32.2 Å². The molecule has 0 spiro atoms. The zero-order chi connectivity index (χ0) is 45.7. The number of hydrogen-bond acceptors (Lipinski definition) is 0. The quantitative estimate of drug-likeness (QED) is 0.266. The van der Waals surface area contributed by atoms with Crippen molar-refractivity contribution in [2.24, 2.45) is 39.4 Å². The fraction of sp³-hybridized carbons (Fsp3) is 0.750. The number of piperidine rings is 3. The van der Waals surface area contributed by atoms with Crippen LogP contribution in [-0.4, -0.2) is 55.3 Å². The fourth-order valence-electron chi connectivity index (χ4n) is 9.79. The molecular formula is C56H98N4O2W2-10. The van der Waals surface area contributed by atoms with E-state index in [1.165, 1.54) is 99.0 Å². The largest absolute Gasteiger partial charge is 0.731 e. The monoisotopic (exact) mass is 1230 g/mol. The summed E-state index contributed by atoms with van der Waals surface area (Å²) in [5.41, 5.74) is 18.7. The van der Waals surface area contributed by atoms with Gasteiger partial charge >= 0.3 is 0 Å². The van der Waals surface area contributed by atoms with Crippen molar-refractivity contribution in [1.29, 1.82) is 0 Å². The molecule has 64 heavy (non-hydrogen) atoms. The van der Waals surface area contributed by atoms with Crippen molar-refractivity contribution in [3.8, 4) is 0 Å². The average Bonchev–Trinajstić information content (AvgIpc) is 3.46. The minimum atomic E-state index is 0. The first kappa shape index (κ1) is 65.2. The summed E-state index contributed by atoms with van der Waals surface area (Å²) in [6.45, 7) is 54.1. The van der Waals surface area contributed by atoms with Gasteiger partial charge in [0.25, 0.3) is 0 Å². The Bertz CT molecular complexity index is 1510. The smallest absolute Gasteiger partial charge is 0 e. The zero-order valence-electron chi connectivity index (χ0n) is 45.3. The summed E-state index contributed by atoms with van der Waals surface area (Å²) in [7, 11) is 0. The standard InChI is InChI=1S/C18H34N2.C18H30N2.2C10H15.2H2O.2W/c2*1-17(2,3)13-7-9-19-15(11-13)16-12-14(8-10-20-16)18(4,5)6;2*1-6-7(2)9(4)10(5)8(6)3;;;;/h13-16H,7-12H2,1-6H3;7,11,14,16H,8-10,12H2,1-6H3;2*1-5H3;2*1H2;;/q2*-2;-5;-1;;;;. The Morgan fingerprint density at radius 1 is 0.500 bits per heavy atom. The first-order valence-corrected chi connectivity index (χ1v) is 23.9. The molecule has 8 heteroatoms. The SMILES string of the molecule is CC(C)(C)C1=CC[N-]C(C2CC(C(C)(C)C)CC[N-]2)=C1.CC(C)(C)C1CC[N-]C(C2CC(C(C)(C)C)CC[N-]2)C1.C[c-]1[c-](C)[c-](C)[c-](C)[c-]1C.Cc1c(C)c(C)[c-](C)c1C.O.O.[W].[W]. The summed E-state index contributed by atoms with van der Waals surface area (Å²) in [6.07, 6.45) is 12.0. The average molecular weight is 1230 g/mol. The van der Waals surface area contributed by atoms with Crippen LogP contribution in [0.25, 0.3) is 21.3 Å². The van der Waals surface area contributed by atoms with Gasteiger partial charge in [-0.2, -0.15) is 45.6 Å². The minimum absolute atomic E-state index is 0. The maximum absolute atomic E-state index is 4.94. The molecule has 4 aliphatic heterocycles. The van der Waals surface area contributed by atoms with Crippen LogP contribution < -0.4 is 0 Å². The number of allylic oxidation sites excluding steroid dienone is 2. The molecule has 0 bridgehead atoms. The van der Waals surface area contributed by atoms with E-state index >= 15 is 0 Å². The van der Waals surface area contributed by atoms with Crippen LogP contribution in [-0.2, 0) is 42.1 Å². The first-order chi connectivity index (χ1) is 27.5. The second-order valence-electron chi connectivity index (χ2n) is 23.7. The molecule has 4 aliphatic rings. The topological polar surface area (TPSA) is 119 Å². The van der Waals surface area contributed by atoms with Crippen LogP contribution >= 0.6 is 0 Å². The maximum atomic E-state index is 4.94. The van der Waals surface area contributed by atoms with Gasteiger partial charge in [-0.25, -0.2) is 34.6 Å². The van der Waals surface area contributed by atoms with Gasteiger partial charge in [-0.05, 0) is 45.0 Å². The van der Waals surface area contributed by atoms with Crippen LogP contribution in [0.1, 0.15) is 177 Å². The van der Waals surface area contributed by atoms with Crippen molar-refractivity contribution in [3.63, 3.8) is 0 Å². The van der Waals surface area contributed by atoms with Gasteiger partial charge in [0.2, 0.25) is 0 Å². The Balaban J connectivity index is 0. The molecule has 0 aliphatic carbocycles. The number of nitrogens with zero attached hydrogens (tertiary/aromatic N) is 4. The molecule has 0 amide bonds. The Labute approximate surface area is 425 Å². The predicted octanol–water partition coefficient (Wildman–Crippen LogP) is 15.1. The molecule has 376 valence electrons. The van der Waals surface area contributed by atoms with Crippen LogP contribution in [0.15, 0.2) is 23.4 Å². The normalized spacial score (nSPS) is 23.7. The van der Waals surface area contributed by atoms with Crippen molar-refractivity contribution in [2.75, 3.05) is 26.2 Å². The van der Waals surface area contributed by atoms with Crippen LogP contribution in [0.3, 0.4) is 0 Å². The van der Waals surface area contributed by atoms with Crippen molar-refractivity contribution < 1.29 is 53.1 Å². The summed E-state index contributed by atoms with van der Waals surface area (Å²) in [5, 5.41) is 19.4. The fourth-order valence-corrected chi connectivity index (χ4v) is 9.79. The van der Waals surface area contributed by atoms with Crippen LogP contribution in [0, 0.1) is 109 Å². The van der Waals surface area contributed by atoms with Crippen molar-refractivity contribution in [2.45, 2.75) is 209 Å². The maximum Gasteiger partial charge on any atom is 0 e. The van der Waals surface area contributed by atoms with E-state index in [-0.39, 0.29) is 58.5 Å². The Morgan fingerprint density at radius 2 is 0.828 bits per heavy atom. The van der Waals surface area contributed by atoms with Crippen LogP contribution in [0.5, 0.6) is 0 Å². The minimum Gasteiger partial charge on any atom is -0.731 e. The molecule has 2 aromatic carbocycles. The van der Waals surface area contributed by atoms with Crippen molar-refractivity contribution >= 4 is 0 Å². The third-order valence-electron chi connectivity index (χ3n) is 15.9. The van der Waals surface area contributed by atoms with E-state index in [0.29, 0.717) is 34.4 Å². The van der Waals surface area contributed by atoms with Gasteiger partial charge in [0.15, 0.2) is 0 Å². The molecule has 4 N–H and O–H groups in total. The van der Waals surface area contributed by atoms with Gasteiger partial charge in [0, 0.05) is 42.1 Å². The molecule has 6 rings (SSSR count). The van der Waals surface area contributed by atoms with E-state index in [1.54, 1.807) is 0 Å². The Hall–Kier alpha value is -0.843. The third-order valence-corrected chi connectivity index (χ3v) is 15.9. The molecule has 2 aromatic rings. The summed E-state index contributed by atoms with van der Waals surface area (Å²) < 4.78 is 0. The molecule has 6 nitrogen and oxygen atoms in total. The predicted molar refractivity (Wildman–Crippen MR) is 275 cm³/mol.